The molecule has 0 amide bonds. The molecule has 5 heterocycles. The van der Waals surface area contributed by atoms with Gasteiger partial charge in [-0.25, -0.2) is 15.0 Å². The van der Waals surface area contributed by atoms with Crippen molar-refractivity contribution in [1.82, 2.24) is 15.0 Å². The maximum Gasteiger partial charge on any atom is 0.158 e. The molecule has 2 aromatic heterocycles. The number of halogens is 1. The Labute approximate surface area is 226 Å². The molecule has 3 aromatic rings. The first kappa shape index (κ1) is 24.6. The summed E-state index contributed by atoms with van der Waals surface area (Å²) in [5.41, 5.74) is 6.82. The van der Waals surface area contributed by atoms with E-state index in [9.17, 15) is 5.11 Å². The first-order valence-electron chi connectivity index (χ1n) is 12.6. The second kappa shape index (κ2) is 9.22. The standard InChI is InChI=1S/C27H31ClN6O2S/c1-26(2,35)18-15-34(16-18)24-22(28)20(7-10-30-24)37-25-23(29)32-21(14-31-25)33-11-8-27(9-12-33)13-17-5-3-4-6-19(17)36-27/h3-7,10,14,18,35H,8-9,11-13,15-16H2,1-2H3,(H2,29,32). The summed E-state index contributed by atoms with van der Waals surface area (Å²) in [6, 6.07) is 10.2. The Bertz CT molecular complexity index is 1290. The number of nitrogens with zero attached hydrogens (tertiary/aromatic N) is 5. The van der Waals surface area contributed by atoms with Gasteiger partial charge in [0, 0.05) is 62.5 Å². The van der Waals surface area contributed by atoms with Gasteiger partial charge in [0.1, 0.15) is 28.0 Å². The molecule has 1 aromatic carbocycles. The number of benzene rings is 1. The molecule has 0 aliphatic carbocycles. The summed E-state index contributed by atoms with van der Waals surface area (Å²) in [4.78, 5) is 18.9. The number of rotatable bonds is 5. The van der Waals surface area contributed by atoms with Crippen molar-refractivity contribution in [3.05, 3.63) is 53.3 Å². The van der Waals surface area contributed by atoms with E-state index < -0.39 is 5.60 Å². The highest BCUT2D eigenvalue weighted by molar-refractivity contribution is 7.99. The highest BCUT2D eigenvalue weighted by Gasteiger charge is 2.42. The molecule has 3 aliphatic heterocycles. The Kier molecular flexibility index (Phi) is 6.12. The van der Waals surface area contributed by atoms with Crippen LogP contribution in [0.4, 0.5) is 17.5 Å². The Morgan fingerprint density at radius 3 is 2.59 bits per heavy atom. The van der Waals surface area contributed by atoms with E-state index in [1.54, 1.807) is 12.4 Å². The van der Waals surface area contributed by atoms with Crippen molar-refractivity contribution in [2.24, 2.45) is 5.92 Å². The van der Waals surface area contributed by atoms with E-state index in [-0.39, 0.29) is 11.5 Å². The van der Waals surface area contributed by atoms with E-state index in [0.717, 1.165) is 61.9 Å². The van der Waals surface area contributed by atoms with Crippen LogP contribution in [-0.4, -0.2) is 57.4 Å². The van der Waals surface area contributed by atoms with Gasteiger partial charge >= 0.3 is 0 Å². The Hall–Kier alpha value is -2.75. The summed E-state index contributed by atoms with van der Waals surface area (Å²) in [7, 11) is 0. The van der Waals surface area contributed by atoms with Crippen LogP contribution in [-0.2, 0) is 6.42 Å². The zero-order chi connectivity index (χ0) is 25.8. The van der Waals surface area contributed by atoms with Gasteiger partial charge in [0.15, 0.2) is 5.82 Å². The van der Waals surface area contributed by atoms with Crippen LogP contribution < -0.4 is 20.3 Å². The van der Waals surface area contributed by atoms with Crippen LogP contribution in [0.15, 0.2) is 52.6 Å². The van der Waals surface area contributed by atoms with Crippen LogP contribution in [0, 0.1) is 5.92 Å². The fourth-order valence-electron chi connectivity index (χ4n) is 5.32. The first-order chi connectivity index (χ1) is 17.7. The minimum atomic E-state index is -0.717. The summed E-state index contributed by atoms with van der Waals surface area (Å²) in [5, 5.41) is 11.4. The van der Waals surface area contributed by atoms with Gasteiger partial charge < -0.3 is 25.4 Å². The Morgan fingerprint density at radius 1 is 1.14 bits per heavy atom. The van der Waals surface area contributed by atoms with Crippen LogP contribution in [0.25, 0.3) is 0 Å². The number of hydrogen-bond donors (Lipinski definition) is 2. The average Bonchev–Trinajstić information content (AvgIpc) is 3.19. The predicted molar refractivity (Wildman–Crippen MR) is 147 cm³/mol. The second-order valence-corrected chi connectivity index (χ2v) is 12.2. The van der Waals surface area contributed by atoms with Crippen LogP contribution in [0.5, 0.6) is 5.75 Å². The van der Waals surface area contributed by atoms with Crippen LogP contribution in [0.2, 0.25) is 5.02 Å². The monoisotopic (exact) mass is 538 g/mol. The number of nitrogens with two attached hydrogens (primary N) is 1. The maximum absolute atomic E-state index is 10.2. The van der Waals surface area contributed by atoms with E-state index in [2.05, 4.69) is 43.0 Å². The van der Waals surface area contributed by atoms with Gasteiger partial charge in [-0.2, -0.15) is 0 Å². The van der Waals surface area contributed by atoms with E-state index in [1.165, 1.54) is 17.3 Å². The molecule has 37 heavy (non-hydrogen) atoms. The summed E-state index contributed by atoms with van der Waals surface area (Å²) >= 11 is 8.12. The molecule has 8 nitrogen and oxygen atoms in total. The molecule has 3 N–H and O–H groups in total. The van der Waals surface area contributed by atoms with E-state index >= 15 is 0 Å². The molecule has 0 unspecified atom stereocenters. The van der Waals surface area contributed by atoms with Gasteiger partial charge in [-0.15, -0.1) is 0 Å². The number of ether oxygens (including phenoxy) is 1. The number of hydrogen-bond acceptors (Lipinski definition) is 9. The zero-order valence-electron chi connectivity index (χ0n) is 21.0. The SMILES string of the molecule is CC(C)(O)C1CN(c2nccc(Sc3ncc(N4CCC5(CC4)Cc4ccccc4O5)nc3N)c2Cl)C1. The number of anilines is 3. The van der Waals surface area contributed by atoms with Gasteiger partial charge in [-0.3, -0.25) is 0 Å². The van der Waals surface area contributed by atoms with Crippen molar-refractivity contribution >= 4 is 40.8 Å². The number of aromatic nitrogens is 3. The summed E-state index contributed by atoms with van der Waals surface area (Å²) in [6.45, 7) is 6.80. The lowest BCUT2D eigenvalue weighted by Gasteiger charge is -2.46. The lowest BCUT2D eigenvalue weighted by molar-refractivity contribution is 0.00438. The molecule has 3 aliphatic rings. The van der Waals surface area contributed by atoms with Crippen molar-refractivity contribution in [1.29, 1.82) is 0 Å². The summed E-state index contributed by atoms with van der Waals surface area (Å²) < 4.78 is 6.38. The van der Waals surface area contributed by atoms with Crippen LogP contribution >= 0.6 is 23.4 Å². The van der Waals surface area contributed by atoms with Gasteiger partial charge in [0.25, 0.3) is 0 Å². The highest BCUT2D eigenvalue weighted by Crippen LogP contribution is 2.43. The number of piperidine rings is 1. The van der Waals surface area contributed by atoms with Crippen molar-refractivity contribution in [3.8, 4) is 5.75 Å². The molecular formula is C27H31ClN6O2S. The second-order valence-electron chi connectivity index (χ2n) is 10.8. The van der Waals surface area contributed by atoms with Crippen molar-refractivity contribution in [2.75, 3.05) is 41.7 Å². The normalized spacial score (nSPS) is 19.0. The quantitative estimate of drug-likeness (QED) is 0.488. The molecule has 1 spiro atoms. The Balaban J connectivity index is 1.11. The fourth-order valence-corrected chi connectivity index (χ4v) is 6.44. The van der Waals surface area contributed by atoms with E-state index in [1.807, 2.05) is 26.0 Å². The van der Waals surface area contributed by atoms with Crippen LogP contribution in [0.1, 0.15) is 32.3 Å². The molecule has 0 atom stereocenters. The van der Waals surface area contributed by atoms with Crippen molar-refractivity contribution in [3.63, 3.8) is 0 Å². The van der Waals surface area contributed by atoms with Crippen molar-refractivity contribution < 1.29 is 9.84 Å². The summed E-state index contributed by atoms with van der Waals surface area (Å²) in [5.74, 6) is 3.09. The minimum absolute atomic E-state index is 0.117. The smallest absolute Gasteiger partial charge is 0.158 e. The largest absolute Gasteiger partial charge is 0.487 e. The Morgan fingerprint density at radius 2 is 1.89 bits per heavy atom. The topological polar surface area (TPSA) is 101 Å². The first-order valence-corrected chi connectivity index (χ1v) is 13.8. The van der Waals surface area contributed by atoms with E-state index in [4.69, 9.17) is 22.1 Å². The van der Waals surface area contributed by atoms with Gasteiger partial charge in [0.05, 0.1) is 16.8 Å². The molecule has 0 radical (unpaired) electrons. The minimum Gasteiger partial charge on any atom is -0.487 e. The zero-order valence-corrected chi connectivity index (χ0v) is 22.6. The lowest BCUT2D eigenvalue weighted by Crippen LogP contribution is -2.56. The maximum atomic E-state index is 10.2. The van der Waals surface area contributed by atoms with Gasteiger partial charge in [0.2, 0.25) is 0 Å². The van der Waals surface area contributed by atoms with Crippen molar-refractivity contribution in [2.45, 2.75) is 54.2 Å². The summed E-state index contributed by atoms with van der Waals surface area (Å²) in [6.07, 6.45) is 6.36. The third-order valence-corrected chi connectivity index (χ3v) is 9.34. The third-order valence-electron chi connectivity index (χ3n) is 7.78. The highest BCUT2D eigenvalue weighted by atomic mass is 35.5. The average molecular weight is 539 g/mol. The number of nitrogen functional groups attached to an aromatic ring is 1. The van der Waals surface area contributed by atoms with E-state index in [0.29, 0.717) is 21.7 Å². The number of fused-ring (bicyclic) bond motifs is 1. The fraction of sp³-hybridized carbons (Fsp3) is 0.444. The van der Waals surface area contributed by atoms with Gasteiger partial charge in [-0.05, 0) is 31.5 Å². The lowest BCUT2D eigenvalue weighted by atomic mass is 9.84. The molecule has 0 saturated carbocycles. The molecular weight excluding hydrogens is 508 g/mol. The number of pyridine rings is 1. The molecule has 0 bridgehead atoms. The third kappa shape index (κ3) is 4.69. The predicted octanol–water partition coefficient (Wildman–Crippen LogP) is 4.44. The molecule has 2 fully saturated rings. The molecule has 2 saturated heterocycles. The number of aliphatic hydroxyl groups is 1. The molecule has 10 heteroatoms. The van der Waals surface area contributed by atoms with Gasteiger partial charge in [-0.1, -0.05) is 41.6 Å². The van der Waals surface area contributed by atoms with Crippen LogP contribution in [0.3, 0.4) is 0 Å². The molecule has 6 rings (SSSR count). The molecule has 194 valence electrons. The number of para-hydroxylation sites is 1.